The van der Waals surface area contributed by atoms with Gasteiger partial charge in [-0.3, -0.25) is 4.79 Å². The van der Waals surface area contributed by atoms with E-state index in [0.29, 0.717) is 5.56 Å². The number of rotatable bonds is 7. The van der Waals surface area contributed by atoms with Gasteiger partial charge in [0.05, 0.1) is 10.9 Å². The van der Waals surface area contributed by atoms with Crippen molar-refractivity contribution in [3.8, 4) is 0 Å². The van der Waals surface area contributed by atoms with E-state index in [1.54, 1.807) is 0 Å². The summed E-state index contributed by atoms with van der Waals surface area (Å²) in [7, 11) is -3.73. The van der Waals surface area contributed by atoms with Crippen LogP contribution in [0.1, 0.15) is 17.2 Å². The van der Waals surface area contributed by atoms with Crippen LogP contribution in [0.5, 0.6) is 0 Å². The maximum absolute atomic E-state index is 12.9. The lowest BCUT2D eigenvalue weighted by Crippen LogP contribution is -2.50. The highest BCUT2D eigenvalue weighted by Crippen LogP contribution is 2.21. The summed E-state index contributed by atoms with van der Waals surface area (Å²) in [5, 5.41) is 0. The second-order valence-electron chi connectivity index (χ2n) is 7.08. The molecular formula is C22H25N3O5S. The molecule has 1 saturated heterocycles. The summed E-state index contributed by atoms with van der Waals surface area (Å²) in [6, 6.07) is 14.4. The highest BCUT2D eigenvalue weighted by Gasteiger charge is 2.30. The number of ketones is 1. The Kier molecular flexibility index (Phi) is 7.21. The van der Waals surface area contributed by atoms with Crippen LogP contribution in [0.3, 0.4) is 0 Å². The van der Waals surface area contributed by atoms with E-state index >= 15 is 0 Å². The Bertz CT molecular complexity index is 1030. The standard InChI is InChI=1S/C22H25N3O5S/c1-2-20(26)21(23)18-8-10-19(11-9-18)31(28,29)25-14-12-24(13-15-25)22(27)30-16-17-6-4-3-5-7-17/h2-11,21H,1,12-16,23H2. The molecule has 1 heterocycles. The van der Waals surface area contributed by atoms with Gasteiger partial charge >= 0.3 is 6.09 Å². The zero-order valence-corrected chi connectivity index (χ0v) is 17.8. The van der Waals surface area contributed by atoms with E-state index < -0.39 is 22.2 Å². The van der Waals surface area contributed by atoms with Gasteiger partial charge in [-0.05, 0) is 29.3 Å². The molecule has 1 fully saturated rings. The summed E-state index contributed by atoms with van der Waals surface area (Å²) < 4.78 is 32.5. The first-order valence-electron chi connectivity index (χ1n) is 9.80. The third kappa shape index (κ3) is 5.38. The monoisotopic (exact) mass is 443 g/mol. The van der Waals surface area contributed by atoms with Crippen molar-refractivity contribution in [2.24, 2.45) is 5.73 Å². The van der Waals surface area contributed by atoms with Crippen LogP contribution in [0, 0.1) is 0 Å². The van der Waals surface area contributed by atoms with Crippen molar-refractivity contribution < 1.29 is 22.7 Å². The Morgan fingerprint density at radius 1 is 1.03 bits per heavy atom. The van der Waals surface area contributed by atoms with Gasteiger partial charge in [-0.25, -0.2) is 13.2 Å². The van der Waals surface area contributed by atoms with Crippen molar-refractivity contribution in [2.75, 3.05) is 26.2 Å². The number of nitrogens with zero attached hydrogens (tertiary/aromatic N) is 2. The van der Waals surface area contributed by atoms with Gasteiger partial charge in [-0.2, -0.15) is 4.31 Å². The maximum atomic E-state index is 12.9. The molecule has 3 rings (SSSR count). The second kappa shape index (κ2) is 9.86. The van der Waals surface area contributed by atoms with Crippen LogP contribution in [-0.4, -0.2) is 55.7 Å². The van der Waals surface area contributed by atoms with Gasteiger partial charge in [-0.1, -0.05) is 49.0 Å². The summed E-state index contributed by atoms with van der Waals surface area (Å²) in [5.74, 6) is -0.342. The average molecular weight is 444 g/mol. The largest absolute Gasteiger partial charge is 0.445 e. The molecule has 31 heavy (non-hydrogen) atoms. The predicted molar refractivity (Wildman–Crippen MR) is 116 cm³/mol. The second-order valence-corrected chi connectivity index (χ2v) is 9.02. The molecule has 164 valence electrons. The summed E-state index contributed by atoms with van der Waals surface area (Å²) in [6.07, 6.45) is 0.672. The van der Waals surface area contributed by atoms with E-state index in [4.69, 9.17) is 10.5 Å². The summed E-state index contributed by atoms with van der Waals surface area (Å²) >= 11 is 0. The van der Waals surface area contributed by atoms with Crippen LogP contribution in [-0.2, 0) is 26.2 Å². The highest BCUT2D eigenvalue weighted by atomic mass is 32.2. The molecular weight excluding hydrogens is 418 g/mol. The number of sulfonamides is 1. The predicted octanol–water partition coefficient (Wildman–Crippen LogP) is 2.08. The fourth-order valence-electron chi connectivity index (χ4n) is 3.21. The molecule has 2 aromatic carbocycles. The smallest absolute Gasteiger partial charge is 0.410 e. The van der Waals surface area contributed by atoms with Crippen LogP contribution in [0.2, 0.25) is 0 Å². The molecule has 0 aromatic heterocycles. The number of carbonyl (C=O) groups is 2. The lowest BCUT2D eigenvalue weighted by molar-refractivity contribution is -0.115. The van der Waals surface area contributed by atoms with Crippen LogP contribution < -0.4 is 5.73 Å². The van der Waals surface area contributed by atoms with Gasteiger partial charge in [0, 0.05) is 26.2 Å². The average Bonchev–Trinajstić information content (AvgIpc) is 2.82. The first-order chi connectivity index (χ1) is 14.8. The van der Waals surface area contributed by atoms with Gasteiger partial charge < -0.3 is 15.4 Å². The van der Waals surface area contributed by atoms with Crippen LogP contribution in [0.25, 0.3) is 0 Å². The molecule has 1 aliphatic heterocycles. The molecule has 1 atom stereocenters. The molecule has 1 amide bonds. The first kappa shape index (κ1) is 22.7. The van der Waals surface area contributed by atoms with Crippen molar-refractivity contribution in [3.63, 3.8) is 0 Å². The van der Waals surface area contributed by atoms with E-state index in [1.165, 1.54) is 33.5 Å². The Hall–Kier alpha value is -3.01. The zero-order chi connectivity index (χ0) is 22.4. The van der Waals surface area contributed by atoms with E-state index in [9.17, 15) is 18.0 Å². The van der Waals surface area contributed by atoms with Gasteiger partial charge in [-0.15, -0.1) is 0 Å². The Labute approximate surface area is 181 Å². The molecule has 0 spiro atoms. The number of hydrogen-bond acceptors (Lipinski definition) is 6. The van der Waals surface area contributed by atoms with Crippen molar-refractivity contribution in [1.29, 1.82) is 0 Å². The van der Waals surface area contributed by atoms with E-state index in [0.717, 1.165) is 11.6 Å². The number of ether oxygens (including phenoxy) is 1. The molecule has 2 N–H and O–H groups in total. The molecule has 1 aliphatic rings. The number of hydrogen-bond donors (Lipinski definition) is 1. The molecule has 9 heteroatoms. The molecule has 8 nitrogen and oxygen atoms in total. The Morgan fingerprint density at radius 2 is 1.65 bits per heavy atom. The number of amides is 1. The fraction of sp³-hybridized carbons (Fsp3) is 0.273. The van der Waals surface area contributed by atoms with Crippen LogP contribution in [0.15, 0.2) is 72.1 Å². The quantitative estimate of drug-likeness (QED) is 0.656. The lowest BCUT2D eigenvalue weighted by Gasteiger charge is -2.33. The Morgan fingerprint density at radius 3 is 2.23 bits per heavy atom. The van der Waals surface area contributed by atoms with Crippen molar-refractivity contribution in [3.05, 3.63) is 78.4 Å². The fourth-order valence-corrected chi connectivity index (χ4v) is 4.63. The Balaban J connectivity index is 1.57. The third-order valence-corrected chi connectivity index (χ3v) is 7.00. The van der Waals surface area contributed by atoms with Crippen LogP contribution >= 0.6 is 0 Å². The normalized spacial score (nSPS) is 15.8. The molecule has 0 saturated carbocycles. The van der Waals surface area contributed by atoms with Gasteiger partial charge in [0.2, 0.25) is 10.0 Å². The van der Waals surface area contributed by atoms with E-state index in [1.807, 2.05) is 30.3 Å². The number of carbonyl (C=O) groups excluding carboxylic acids is 2. The lowest BCUT2D eigenvalue weighted by atomic mass is 10.0. The van der Waals surface area contributed by atoms with Gasteiger partial charge in [0.1, 0.15) is 6.61 Å². The zero-order valence-electron chi connectivity index (χ0n) is 17.0. The van der Waals surface area contributed by atoms with Gasteiger partial charge in [0.25, 0.3) is 0 Å². The number of piperazine rings is 1. The first-order valence-corrected chi connectivity index (χ1v) is 11.2. The highest BCUT2D eigenvalue weighted by molar-refractivity contribution is 7.89. The summed E-state index contributed by atoms with van der Waals surface area (Å²) in [5.41, 5.74) is 7.22. The number of nitrogens with two attached hydrogens (primary N) is 1. The SMILES string of the molecule is C=CC(=O)C(N)c1ccc(S(=O)(=O)N2CCN(C(=O)OCc3ccccc3)CC2)cc1. The molecule has 0 bridgehead atoms. The number of benzene rings is 2. The van der Waals surface area contributed by atoms with Crippen molar-refractivity contribution >= 4 is 21.9 Å². The van der Waals surface area contributed by atoms with Gasteiger partial charge in [0.15, 0.2) is 5.78 Å². The minimum atomic E-state index is -3.73. The van der Waals surface area contributed by atoms with E-state index in [-0.39, 0.29) is 43.5 Å². The molecule has 2 aromatic rings. The summed E-state index contributed by atoms with van der Waals surface area (Å²) in [6.45, 7) is 4.38. The maximum Gasteiger partial charge on any atom is 0.410 e. The minimum Gasteiger partial charge on any atom is -0.445 e. The molecule has 0 radical (unpaired) electrons. The van der Waals surface area contributed by atoms with Crippen molar-refractivity contribution in [2.45, 2.75) is 17.5 Å². The van der Waals surface area contributed by atoms with Crippen LogP contribution in [0.4, 0.5) is 4.79 Å². The van der Waals surface area contributed by atoms with Crippen molar-refractivity contribution in [1.82, 2.24) is 9.21 Å². The third-order valence-electron chi connectivity index (χ3n) is 5.09. The topological polar surface area (TPSA) is 110 Å². The van der Waals surface area contributed by atoms with E-state index in [2.05, 4.69) is 6.58 Å². The minimum absolute atomic E-state index is 0.106. The summed E-state index contributed by atoms with van der Waals surface area (Å²) in [4.78, 5) is 25.5. The molecule has 1 unspecified atom stereocenters. The molecule has 0 aliphatic carbocycles.